The molecule has 0 aliphatic heterocycles. The van der Waals surface area contributed by atoms with Gasteiger partial charge in [0, 0.05) is 4.88 Å². The Morgan fingerprint density at radius 2 is 1.92 bits per heavy atom. The molecule has 0 aliphatic carbocycles. The van der Waals surface area contributed by atoms with Crippen molar-refractivity contribution >= 4 is 33.0 Å². The molecule has 6 nitrogen and oxygen atoms in total. The first-order chi connectivity index (χ1) is 12.0. The molecule has 0 bridgehead atoms. The van der Waals surface area contributed by atoms with Crippen LogP contribution in [0.1, 0.15) is 21.0 Å². The number of hydrogen-bond donors (Lipinski definition) is 2. The Morgan fingerprint density at radius 3 is 2.60 bits per heavy atom. The number of amides is 1. The highest BCUT2D eigenvalue weighted by Gasteiger charge is 2.20. The van der Waals surface area contributed by atoms with Gasteiger partial charge in [0.1, 0.15) is 9.97 Å². The maximum atomic E-state index is 12.5. The number of thiophene rings is 1. The van der Waals surface area contributed by atoms with Crippen molar-refractivity contribution < 1.29 is 17.6 Å². The first kappa shape index (κ1) is 17.2. The third-order valence-corrected chi connectivity index (χ3v) is 6.26. The lowest BCUT2D eigenvalue weighted by Gasteiger charge is -2.11. The molecule has 3 aromatic rings. The van der Waals surface area contributed by atoms with Gasteiger partial charge in [-0.05, 0) is 43.3 Å². The molecule has 0 unspecified atom stereocenters. The second kappa shape index (κ2) is 7.12. The fourth-order valence-corrected chi connectivity index (χ4v) is 4.56. The first-order valence-electron chi connectivity index (χ1n) is 7.44. The van der Waals surface area contributed by atoms with Gasteiger partial charge in [0.15, 0.2) is 0 Å². The van der Waals surface area contributed by atoms with Crippen molar-refractivity contribution in [3.63, 3.8) is 0 Å². The van der Waals surface area contributed by atoms with Crippen LogP contribution in [0.15, 0.2) is 63.4 Å². The molecule has 0 atom stereocenters. The SMILES string of the molecule is Cc1ccc(S(=O)(=O)Nc2ccccc2C(=O)NCc2ccco2)s1. The van der Waals surface area contributed by atoms with Crippen LogP contribution >= 0.6 is 11.3 Å². The van der Waals surface area contributed by atoms with E-state index in [4.69, 9.17) is 4.42 Å². The number of aryl methyl sites for hydroxylation is 1. The van der Waals surface area contributed by atoms with Crippen LogP contribution in [0.2, 0.25) is 0 Å². The quantitative estimate of drug-likeness (QED) is 0.690. The molecule has 0 radical (unpaired) electrons. The van der Waals surface area contributed by atoms with E-state index >= 15 is 0 Å². The molecule has 8 heteroatoms. The number of sulfonamides is 1. The third-order valence-electron chi connectivity index (χ3n) is 3.40. The summed E-state index contributed by atoms with van der Waals surface area (Å²) in [6.45, 7) is 2.05. The molecule has 0 spiro atoms. The van der Waals surface area contributed by atoms with E-state index in [0.717, 1.165) is 4.88 Å². The number of benzene rings is 1. The van der Waals surface area contributed by atoms with Crippen molar-refractivity contribution in [2.75, 3.05) is 4.72 Å². The topological polar surface area (TPSA) is 88.4 Å². The van der Waals surface area contributed by atoms with Crippen molar-refractivity contribution in [1.82, 2.24) is 5.32 Å². The lowest BCUT2D eigenvalue weighted by molar-refractivity contribution is 0.0949. The van der Waals surface area contributed by atoms with Gasteiger partial charge in [-0.2, -0.15) is 0 Å². The molecule has 1 aromatic carbocycles. The molecule has 0 fully saturated rings. The summed E-state index contributed by atoms with van der Waals surface area (Å²) in [6.07, 6.45) is 1.52. The lowest BCUT2D eigenvalue weighted by atomic mass is 10.1. The summed E-state index contributed by atoms with van der Waals surface area (Å²) in [7, 11) is -3.74. The van der Waals surface area contributed by atoms with Gasteiger partial charge < -0.3 is 9.73 Å². The van der Waals surface area contributed by atoms with Gasteiger partial charge in [0.2, 0.25) is 0 Å². The molecule has 2 N–H and O–H groups in total. The van der Waals surface area contributed by atoms with Crippen LogP contribution in [-0.4, -0.2) is 14.3 Å². The molecule has 0 aliphatic rings. The normalized spacial score (nSPS) is 11.2. The summed E-state index contributed by atoms with van der Waals surface area (Å²) in [5.74, 6) is 0.220. The number of hydrogen-bond acceptors (Lipinski definition) is 5. The fraction of sp³-hybridized carbons (Fsp3) is 0.118. The van der Waals surface area contributed by atoms with Crippen LogP contribution in [0.3, 0.4) is 0 Å². The number of carbonyl (C=O) groups is 1. The Kier molecular flexibility index (Phi) is 4.91. The summed E-state index contributed by atoms with van der Waals surface area (Å²) in [5.41, 5.74) is 0.469. The second-order valence-corrected chi connectivity index (χ2v) is 8.48. The highest BCUT2D eigenvalue weighted by Crippen LogP contribution is 2.25. The van der Waals surface area contributed by atoms with Crippen LogP contribution in [0.25, 0.3) is 0 Å². The van der Waals surface area contributed by atoms with Crippen molar-refractivity contribution in [2.24, 2.45) is 0 Å². The van der Waals surface area contributed by atoms with E-state index < -0.39 is 15.9 Å². The monoisotopic (exact) mass is 376 g/mol. The van der Waals surface area contributed by atoms with E-state index in [2.05, 4.69) is 10.0 Å². The van der Waals surface area contributed by atoms with Gasteiger partial charge in [-0.1, -0.05) is 12.1 Å². The van der Waals surface area contributed by atoms with Gasteiger partial charge in [0.25, 0.3) is 15.9 Å². The molecular weight excluding hydrogens is 360 g/mol. The predicted octanol–water partition coefficient (Wildman–Crippen LogP) is 3.38. The van der Waals surface area contributed by atoms with Crippen molar-refractivity contribution in [2.45, 2.75) is 17.7 Å². The largest absolute Gasteiger partial charge is 0.467 e. The van der Waals surface area contributed by atoms with Crippen molar-refractivity contribution in [3.05, 3.63) is 71.0 Å². The lowest BCUT2D eigenvalue weighted by Crippen LogP contribution is -2.24. The number of carbonyl (C=O) groups excluding carboxylic acids is 1. The van der Waals surface area contributed by atoms with Crippen LogP contribution in [0.4, 0.5) is 5.69 Å². The van der Waals surface area contributed by atoms with Crippen molar-refractivity contribution in [3.8, 4) is 0 Å². The molecule has 0 saturated heterocycles. The van der Waals surface area contributed by atoms with Crippen molar-refractivity contribution in [1.29, 1.82) is 0 Å². The predicted molar refractivity (Wildman–Crippen MR) is 96.2 cm³/mol. The Hall–Kier alpha value is -2.58. The summed E-state index contributed by atoms with van der Waals surface area (Å²) in [6, 6.07) is 13.2. The molecular formula is C17H16N2O4S2. The Bertz CT molecular complexity index is 976. The number of anilines is 1. The average molecular weight is 376 g/mol. The van der Waals surface area contributed by atoms with Gasteiger partial charge in [0.05, 0.1) is 24.1 Å². The van der Waals surface area contributed by atoms with E-state index in [9.17, 15) is 13.2 Å². The van der Waals surface area contributed by atoms with Crippen LogP contribution in [0, 0.1) is 6.92 Å². The fourth-order valence-electron chi connectivity index (χ4n) is 2.20. The van der Waals surface area contributed by atoms with Crippen LogP contribution in [-0.2, 0) is 16.6 Å². The summed E-state index contributed by atoms with van der Waals surface area (Å²) >= 11 is 1.17. The maximum absolute atomic E-state index is 12.5. The highest BCUT2D eigenvalue weighted by atomic mass is 32.2. The Balaban J connectivity index is 1.79. The number of rotatable bonds is 6. The molecule has 1 amide bonds. The molecule has 0 saturated carbocycles. The average Bonchev–Trinajstić information content (AvgIpc) is 3.24. The second-order valence-electron chi connectivity index (χ2n) is 5.28. The zero-order valence-electron chi connectivity index (χ0n) is 13.4. The Labute approximate surface area is 149 Å². The summed E-state index contributed by atoms with van der Waals surface area (Å²) in [5, 5.41) is 2.71. The highest BCUT2D eigenvalue weighted by molar-refractivity contribution is 7.94. The minimum atomic E-state index is -3.74. The van der Waals surface area contributed by atoms with Crippen LogP contribution in [0.5, 0.6) is 0 Å². The van der Waals surface area contributed by atoms with E-state index in [1.54, 1.807) is 48.5 Å². The molecule has 2 aromatic heterocycles. The van der Waals surface area contributed by atoms with Gasteiger partial charge in [-0.3, -0.25) is 9.52 Å². The molecule has 25 heavy (non-hydrogen) atoms. The molecule has 3 rings (SSSR count). The molecule has 130 valence electrons. The minimum Gasteiger partial charge on any atom is -0.467 e. The number of furan rings is 1. The van der Waals surface area contributed by atoms with E-state index in [1.165, 1.54) is 17.6 Å². The van der Waals surface area contributed by atoms with E-state index in [1.807, 2.05) is 6.92 Å². The number of nitrogens with one attached hydrogen (secondary N) is 2. The van der Waals surface area contributed by atoms with E-state index in [-0.39, 0.29) is 22.0 Å². The zero-order chi connectivity index (χ0) is 17.9. The summed E-state index contributed by atoms with van der Waals surface area (Å²) < 4.78 is 32.8. The molecule has 2 heterocycles. The standard InChI is InChI=1S/C17H16N2O4S2/c1-12-8-9-16(24-12)25(21,22)19-15-7-3-2-6-14(15)17(20)18-11-13-5-4-10-23-13/h2-10,19H,11H2,1H3,(H,18,20). The van der Waals surface area contributed by atoms with Crippen LogP contribution < -0.4 is 10.0 Å². The maximum Gasteiger partial charge on any atom is 0.271 e. The third kappa shape index (κ3) is 4.09. The smallest absolute Gasteiger partial charge is 0.271 e. The van der Waals surface area contributed by atoms with E-state index in [0.29, 0.717) is 5.76 Å². The number of para-hydroxylation sites is 1. The summed E-state index contributed by atoms with van der Waals surface area (Å²) in [4.78, 5) is 13.3. The Morgan fingerprint density at radius 1 is 1.12 bits per heavy atom. The van der Waals surface area contributed by atoms with Gasteiger partial charge in [-0.15, -0.1) is 11.3 Å². The van der Waals surface area contributed by atoms with Gasteiger partial charge in [-0.25, -0.2) is 8.42 Å². The minimum absolute atomic E-state index is 0.204. The zero-order valence-corrected chi connectivity index (χ0v) is 15.0. The first-order valence-corrected chi connectivity index (χ1v) is 9.74. The van der Waals surface area contributed by atoms with Gasteiger partial charge >= 0.3 is 0 Å².